The van der Waals surface area contributed by atoms with Crippen molar-refractivity contribution < 1.29 is 9.59 Å². The minimum atomic E-state index is -0.359. The van der Waals surface area contributed by atoms with Gasteiger partial charge in [0.1, 0.15) is 0 Å². The Morgan fingerprint density at radius 1 is 1.06 bits per heavy atom. The van der Waals surface area contributed by atoms with Gasteiger partial charge in [-0.2, -0.15) is 0 Å². The molecule has 0 aliphatic carbocycles. The number of carbonyl (C=O) groups is 2. The van der Waals surface area contributed by atoms with Crippen molar-refractivity contribution in [1.29, 1.82) is 0 Å². The highest BCUT2D eigenvalue weighted by Gasteiger charge is 2.19. The third-order valence-electron chi connectivity index (χ3n) is 6.64. The van der Waals surface area contributed by atoms with Crippen molar-refractivity contribution in [2.75, 3.05) is 18.4 Å². The minimum Gasteiger partial charge on any atom is -0.339 e. The second-order valence-electron chi connectivity index (χ2n) is 9.19. The van der Waals surface area contributed by atoms with Gasteiger partial charge in [0, 0.05) is 29.9 Å². The molecular weight excluding hydrogens is 448 g/mol. The minimum absolute atomic E-state index is 0.0396. The lowest BCUT2D eigenvalue weighted by atomic mass is 9.95. The molecule has 1 unspecified atom stereocenters. The Morgan fingerprint density at radius 2 is 1.78 bits per heavy atom. The van der Waals surface area contributed by atoms with Gasteiger partial charge in [0.15, 0.2) is 5.69 Å². The first-order chi connectivity index (χ1) is 17.5. The van der Waals surface area contributed by atoms with Gasteiger partial charge in [-0.15, -0.1) is 0 Å². The first-order valence-electron chi connectivity index (χ1n) is 12.4. The maximum Gasteiger partial charge on any atom is 0.276 e. The highest BCUT2D eigenvalue weighted by molar-refractivity contribution is 6.05. The number of hydrogen-bond acceptors (Lipinski definition) is 4. The molecule has 0 spiro atoms. The third kappa shape index (κ3) is 5.95. The van der Waals surface area contributed by atoms with Gasteiger partial charge in [-0.3, -0.25) is 14.6 Å². The molecule has 2 heterocycles. The molecule has 3 aromatic rings. The van der Waals surface area contributed by atoms with E-state index in [2.05, 4.69) is 35.4 Å². The molecule has 0 bridgehead atoms. The van der Waals surface area contributed by atoms with E-state index in [4.69, 9.17) is 0 Å². The first kappa shape index (κ1) is 25.0. The van der Waals surface area contributed by atoms with Crippen molar-refractivity contribution >= 4 is 23.6 Å². The van der Waals surface area contributed by atoms with Crippen molar-refractivity contribution in [3.05, 3.63) is 96.5 Å². The fourth-order valence-electron chi connectivity index (χ4n) is 4.38. The molecule has 1 aromatic heterocycles. The van der Waals surface area contributed by atoms with Gasteiger partial charge in [0.05, 0.1) is 17.6 Å². The number of allylic oxidation sites excluding steroid dienone is 1. The van der Waals surface area contributed by atoms with E-state index in [-0.39, 0.29) is 17.5 Å². The molecule has 1 fully saturated rings. The van der Waals surface area contributed by atoms with Crippen molar-refractivity contribution in [2.24, 2.45) is 5.92 Å². The standard InChI is InChI=1S/C30H32N4O2/c1-4-26-28(29(35)32-25-12-6-5-7-13-25)33-27(20-31-26)23-14-16-24(17-15-23)30(36)34-18-8-10-21(2)22(3)11-9-19-34/h4-7,12-17,20,22H,1-2,8-11,18-19H2,3H3,(H,32,35). The number of hydrogen-bond donors (Lipinski definition) is 1. The average molecular weight is 481 g/mol. The Kier molecular flexibility index (Phi) is 8.06. The Morgan fingerprint density at radius 3 is 2.50 bits per heavy atom. The highest BCUT2D eigenvalue weighted by Crippen LogP contribution is 2.24. The topological polar surface area (TPSA) is 75.2 Å². The molecule has 0 saturated carbocycles. The molecule has 36 heavy (non-hydrogen) atoms. The molecular formula is C30H32N4O2. The molecule has 1 aliphatic rings. The first-order valence-corrected chi connectivity index (χ1v) is 12.4. The molecule has 1 aliphatic heterocycles. The Balaban J connectivity index is 1.51. The van der Waals surface area contributed by atoms with Crippen molar-refractivity contribution in [3.8, 4) is 11.3 Å². The van der Waals surface area contributed by atoms with E-state index in [1.807, 2.05) is 59.5 Å². The molecule has 0 radical (unpaired) electrons. The van der Waals surface area contributed by atoms with E-state index < -0.39 is 0 Å². The van der Waals surface area contributed by atoms with Crippen LogP contribution in [0.5, 0.6) is 0 Å². The summed E-state index contributed by atoms with van der Waals surface area (Å²) in [6, 6.07) is 16.5. The van der Waals surface area contributed by atoms with Gasteiger partial charge >= 0.3 is 0 Å². The van der Waals surface area contributed by atoms with Crippen LogP contribution in [0.25, 0.3) is 17.3 Å². The predicted octanol–water partition coefficient (Wildman–Crippen LogP) is 6.25. The lowest BCUT2D eigenvalue weighted by Crippen LogP contribution is -2.32. The van der Waals surface area contributed by atoms with Crippen LogP contribution in [0.1, 0.15) is 59.1 Å². The zero-order valence-corrected chi connectivity index (χ0v) is 20.7. The van der Waals surface area contributed by atoms with Crippen molar-refractivity contribution in [2.45, 2.75) is 32.6 Å². The number of amides is 2. The molecule has 1 atom stereocenters. The number of benzene rings is 2. The maximum absolute atomic E-state index is 13.2. The lowest BCUT2D eigenvalue weighted by Gasteiger charge is -2.22. The van der Waals surface area contributed by atoms with Gasteiger partial charge in [-0.1, -0.05) is 56.0 Å². The van der Waals surface area contributed by atoms with Crippen LogP contribution >= 0.6 is 0 Å². The molecule has 1 N–H and O–H groups in total. The number of anilines is 1. The molecule has 6 heteroatoms. The van der Waals surface area contributed by atoms with Gasteiger partial charge in [-0.05, 0) is 61.9 Å². The summed E-state index contributed by atoms with van der Waals surface area (Å²) >= 11 is 0. The van der Waals surface area contributed by atoms with Gasteiger partial charge in [0.25, 0.3) is 11.8 Å². The van der Waals surface area contributed by atoms with Crippen LogP contribution in [0.2, 0.25) is 0 Å². The number of carbonyl (C=O) groups excluding carboxylic acids is 2. The van der Waals surface area contributed by atoms with E-state index in [9.17, 15) is 9.59 Å². The smallest absolute Gasteiger partial charge is 0.276 e. The third-order valence-corrected chi connectivity index (χ3v) is 6.64. The van der Waals surface area contributed by atoms with Crippen LogP contribution < -0.4 is 5.32 Å². The van der Waals surface area contributed by atoms with Gasteiger partial charge in [0.2, 0.25) is 0 Å². The quantitative estimate of drug-likeness (QED) is 0.438. The number of nitrogens with one attached hydrogen (secondary N) is 1. The molecule has 1 saturated heterocycles. The van der Waals surface area contributed by atoms with Gasteiger partial charge < -0.3 is 10.2 Å². The summed E-state index contributed by atoms with van der Waals surface area (Å²) in [5.74, 6) is 0.188. The second kappa shape index (κ2) is 11.6. The van der Waals surface area contributed by atoms with Gasteiger partial charge in [-0.25, -0.2) is 4.98 Å². The zero-order valence-electron chi connectivity index (χ0n) is 20.7. The zero-order chi connectivity index (χ0) is 25.5. The second-order valence-corrected chi connectivity index (χ2v) is 9.19. The van der Waals surface area contributed by atoms with Crippen LogP contribution in [0.3, 0.4) is 0 Å². The number of nitrogens with zero attached hydrogens (tertiary/aromatic N) is 3. The molecule has 4 rings (SSSR count). The summed E-state index contributed by atoms with van der Waals surface area (Å²) in [4.78, 5) is 37.0. The van der Waals surface area contributed by atoms with E-state index in [1.165, 1.54) is 11.6 Å². The highest BCUT2D eigenvalue weighted by atomic mass is 16.2. The Labute approximate surface area is 212 Å². The largest absolute Gasteiger partial charge is 0.339 e. The van der Waals surface area contributed by atoms with Crippen LogP contribution in [-0.2, 0) is 0 Å². The number of aromatic nitrogens is 2. The van der Waals surface area contributed by atoms with E-state index in [0.29, 0.717) is 28.6 Å². The van der Waals surface area contributed by atoms with E-state index in [1.54, 1.807) is 6.20 Å². The summed E-state index contributed by atoms with van der Waals surface area (Å²) in [6.07, 6.45) is 7.06. The monoisotopic (exact) mass is 480 g/mol. The van der Waals surface area contributed by atoms with Crippen LogP contribution in [0.15, 0.2) is 79.5 Å². The van der Waals surface area contributed by atoms with Crippen LogP contribution in [0.4, 0.5) is 5.69 Å². The van der Waals surface area contributed by atoms with Crippen molar-refractivity contribution in [3.63, 3.8) is 0 Å². The molecule has 2 aromatic carbocycles. The summed E-state index contributed by atoms with van der Waals surface area (Å²) in [5, 5.41) is 2.85. The fourth-order valence-corrected chi connectivity index (χ4v) is 4.38. The van der Waals surface area contributed by atoms with Crippen LogP contribution in [-0.4, -0.2) is 39.8 Å². The number of para-hydroxylation sites is 1. The molecule has 6 nitrogen and oxygen atoms in total. The lowest BCUT2D eigenvalue weighted by molar-refractivity contribution is 0.0752. The SMILES string of the molecule is C=Cc1ncc(-c2ccc(C(=O)N3CCCC(=C)C(C)CCC3)cc2)nc1C(=O)Nc1ccccc1. The summed E-state index contributed by atoms with van der Waals surface area (Å²) in [6.45, 7) is 11.7. The summed E-state index contributed by atoms with van der Waals surface area (Å²) in [7, 11) is 0. The average Bonchev–Trinajstić information content (AvgIpc) is 2.99. The summed E-state index contributed by atoms with van der Waals surface area (Å²) < 4.78 is 0. The Hall–Kier alpha value is -4.06. The number of rotatable bonds is 5. The van der Waals surface area contributed by atoms with E-state index >= 15 is 0 Å². The summed E-state index contributed by atoms with van der Waals surface area (Å²) in [5.41, 5.74) is 4.52. The molecule has 2 amide bonds. The maximum atomic E-state index is 13.2. The fraction of sp³-hybridized carbons (Fsp3) is 0.267. The normalized spacial score (nSPS) is 16.4. The van der Waals surface area contributed by atoms with Crippen LogP contribution in [0, 0.1) is 5.92 Å². The predicted molar refractivity (Wildman–Crippen MR) is 145 cm³/mol. The Bertz CT molecular complexity index is 1250. The van der Waals surface area contributed by atoms with Crippen molar-refractivity contribution in [1.82, 2.24) is 14.9 Å². The molecule has 184 valence electrons. The van der Waals surface area contributed by atoms with E-state index in [0.717, 1.165) is 44.3 Å².